The van der Waals surface area contributed by atoms with Gasteiger partial charge in [0.1, 0.15) is 31.3 Å². The van der Waals surface area contributed by atoms with Crippen LogP contribution in [0.15, 0.2) is 57.9 Å². The van der Waals surface area contributed by atoms with Crippen molar-refractivity contribution >= 4 is 58.1 Å². The summed E-state index contributed by atoms with van der Waals surface area (Å²) < 4.78 is 21.8. The van der Waals surface area contributed by atoms with Gasteiger partial charge in [-0.15, -0.1) is 0 Å². The van der Waals surface area contributed by atoms with Gasteiger partial charge in [0.15, 0.2) is 11.5 Å². The standard InChI is InChI=1S/C27H21ClN2O8S/c1-2-35-26(33)18-11-15(3-6-19(18)28)20-8-5-17(38-20)13-23-25(32)30(27(34)39-23)14-24(31)29-16-4-7-21-22(12-16)37-10-9-36-21/h3-8,11-13H,2,9-10,14H2,1H3,(H,29,31). The number of esters is 1. The molecular formula is C27H21ClN2O8S. The van der Waals surface area contributed by atoms with Gasteiger partial charge in [-0.2, -0.15) is 0 Å². The maximum absolute atomic E-state index is 12.9. The van der Waals surface area contributed by atoms with E-state index in [1.165, 1.54) is 6.08 Å². The predicted molar refractivity (Wildman–Crippen MR) is 144 cm³/mol. The van der Waals surface area contributed by atoms with E-state index in [4.69, 9.17) is 30.2 Å². The molecule has 0 radical (unpaired) electrons. The normalized spacial score (nSPS) is 15.5. The molecule has 2 aliphatic heterocycles. The van der Waals surface area contributed by atoms with Crippen molar-refractivity contribution in [3.63, 3.8) is 0 Å². The van der Waals surface area contributed by atoms with Gasteiger partial charge in [0.25, 0.3) is 11.1 Å². The minimum atomic E-state index is -0.614. The van der Waals surface area contributed by atoms with Crippen LogP contribution in [0.5, 0.6) is 11.5 Å². The fourth-order valence-corrected chi connectivity index (χ4v) is 4.87. The molecule has 3 amide bonds. The molecule has 1 N–H and O–H groups in total. The molecule has 3 aromatic rings. The number of nitrogens with one attached hydrogen (secondary N) is 1. The maximum atomic E-state index is 12.9. The number of fused-ring (bicyclic) bond motifs is 1. The van der Waals surface area contributed by atoms with Gasteiger partial charge >= 0.3 is 5.97 Å². The van der Waals surface area contributed by atoms with Crippen molar-refractivity contribution in [1.82, 2.24) is 4.90 Å². The van der Waals surface area contributed by atoms with Crippen molar-refractivity contribution in [1.29, 1.82) is 0 Å². The van der Waals surface area contributed by atoms with Crippen molar-refractivity contribution in [2.75, 3.05) is 31.7 Å². The lowest BCUT2D eigenvalue weighted by Crippen LogP contribution is -2.36. The van der Waals surface area contributed by atoms with Crippen LogP contribution < -0.4 is 14.8 Å². The van der Waals surface area contributed by atoms with Crippen molar-refractivity contribution in [3.8, 4) is 22.8 Å². The second-order valence-electron chi connectivity index (χ2n) is 8.29. The lowest BCUT2D eigenvalue weighted by molar-refractivity contribution is -0.127. The first-order valence-electron chi connectivity index (χ1n) is 11.8. The average molecular weight is 569 g/mol. The molecule has 0 atom stereocenters. The van der Waals surface area contributed by atoms with Crippen LogP contribution in [0.3, 0.4) is 0 Å². The molecule has 0 bridgehead atoms. The second kappa shape index (κ2) is 11.3. The number of nitrogens with zero attached hydrogens (tertiary/aromatic N) is 1. The maximum Gasteiger partial charge on any atom is 0.339 e. The average Bonchev–Trinajstić information content (AvgIpc) is 3.49. The first-order valence-corrected chi connectivity index (χ1v) is 13.0. The van der Waals surface area contributed by atoms with E-state index in [9.17, 15) is 19.2 Å². The zero-order valence-electron chi connectivity index (χ0n) is 20.5. The van der Waals surface area contributed by atoms with Gasteiger partial charge in [-0.25, -0.2) is 4.79 Å². The lowest BCUT2D eigenvalue weighted by atomic mass is 10.1. The molecule has 5 rings (SSSR count). The molecule has 10 nitrogen and oxygen atoms in total. The molecule has 0 unspecified atom stereocenters. The monoisotopic (exact) mass is 568 g/mol. The quantitative estimate of drug-likeness (QED) is 0.301. The van der Waals surface area contributed by atoms with Gasteiger partial charge in [0.05, 0.1) is 22.1 Å². The van der Waals surface area contributed by atoms with Crippen LogP contribution in [0.4, 0.5) is 10.5 Å². The number of ether oxygens (including phenoxy) is 3. The summed E-state index contributed by atoms with van der Waals surface area (Å²) in [4.78, 5) is 51.1. The molecular weight excluding hydrogens is 548 g/mol. The summed E-state index contributed by atoms with van der Waals surface area (Å²) in [6.45, 7) is 2.30. The number of rotatable bonds is 7. The molecule has 1 saturated heterocycles. The first kappa shape index (κ1) is 26.4. The SMILES string of the molecule is CCOC(=O)c1cc(-c2ccc(C=C3SC(=O)N(CC(=O)Nc4ccc5c(c4)OCCO5)C3=O)o2)ccc1Cl. The number of furan rings is 1. The third kappa shape index (κ3) is 5.79. The fraction of sp³-hybridized carbons (Fsp3) is 0.185. The van der Waals surface area contributed by atoms with Crippen molar-refractivity contribution < 1.29 is 37.8 Å². The van der Waals surface area contributed by atoms with E-state index in [1.807, 2.05) is 0 Å². The number of hydrogen-bond donors (Lipinski definition) is 1. The summed E-state index contributed by atoms with van der Waals surface area (Å²) >= 11 is 6.83. The highest BCUT2D eigenvalue weighted by atomic mass is 35.5. The molecule has 0 saturated carbocycles. The number of halogens is 1. The summed E-state index contributed by atoms with van der Waals surface area (Å²) in [7, 11) is 0. The minimum absolute atomic E-state index is 0.108. The summed E-state index contributed by atoms with van der Waals surface area (Å²) in [5, 5.41) is 2.33. The summed E-state index contributed by atoms with van der Waals surface area (Å²) in [5.74, 6) is 0.0915. The number of thioether (sulfide) groups is 1. The Kier molecular flexibility index (Phi) is 7.62. The molecule has 39 heavy (non-hydrogen) atoms. The molecule has 2 aliphatic rings. The zero-order chi connectivity index (χ0) is 27.5. The Bertz CT molecular complexity index is 1520. The highest BCUT2D eigenvalue weighted by Crippen LogP contribution is 2.35. The van der Waals surface area contributed by atoms with E-state index < -0.39 is 29.6 Å². The van der Waals surface area contributed by atoms with E-state index in [1.54, 1.807) is 55.5 Å². The molecule has 2 aromatic carbocycles. The van der Waals surface area contributed by atoms with Gasteiger partial charge in [0, 0.05) is 23.4 Å². The first-order chi connectivity index (χ1) is 18.8. The molecule has 0 aliphatic carbocycles. The molecule has 12 heteroatoms. The van der Waals surface area contributed by atoms with Crippen LogP contribution in [0.25, 0.3) is 17.4 Å². The van der Waals surface area contributed by atoms with Gasteiger partial charge in [0.2, 0.25) is 5.91 Å². The van der Waals surface area contributed by atoms with E-state index in [-0.39, 0.29) is 22.1 Å². The van der Waals surface area contributed by atoms with Gasteiger partial charge in [-0.1, -0.05) is 11.6 Å². The van der Waals surface area contributed by atoms with Crippen molar-refractivity contribution in [3.05, 3.63) is 69.8 Å². The summed E-state index contributed by atoms with van der Waals surface area (Å²) in [6.07, 6.45) is 1.43. The third-order valence-electron chi connectivity index (χ3n) is 5.65. The number of hydrogen-bond acceptors (Lipinski definition) is 9. The Morgan fingerprint density at radius 3 is 2.67 bits per heavy atom. The van der Waals surface area contributed by atoms with Crippen LogP contribution in [0, 0.1) is 0 Å². The molecule has 1 aromatic heterocycles. The Morgan fingerprint density at radius 2 is 1.87 bits per heavy atom. The third-order valence-corrected chi connectivity index (χ3v) is 6.88. The second-order valence-corrected chi connectivity index (χ2v) is 9.69. The van der Waals surface area contributed by atoms with Crippen LogP contribution in [-0.2, 0) is 14.3 Å². The summed E-state index contributed by atoms with van der Waals surface area (Å²) in [6, 6.07) is 13.0. The van der Waals surface area contributed by atoms with E-state index >= 15 is 0 Å². The number of imide groups is 1. The number of carbonyl (C=O) groups excluding carboxylic acids is 4. The highest BCUT2D eigenvalue weighted by molar-refractivity contribution is 8.18. The molecule has 1 fully saturated rings. The molecule has 3 heterocycles. The van der Waals surface area contributed by atoms with E-state index in [2.05, 4.69) is 5.32 Å². The number of anilines is 1. The summed E-state index contributed by atoms with van der Waals surface area (Å²) in [5.41, 5.74) is 1.22. The Balaban J connectivity index is 1.26. The van der Waals surface area contributed by atoms with Gasteiger partial charge < -0.3 is 23.9 Å². The Hall–Kier alpha value is -4.22. The van der Waals surface area contributed by atoms with Gasteiger partial charge in [-0.3, -0.25) is 19.3 Å². The van der Waals surface area contributed by atoms with Gasteiger partial charge in [-0.05, 0) is 61.2 Å². The van der Waals surface area contributed by atoms with E-state index in [0.29, 0.717) is 59.2 Å². The van der Waals surface area contributed by atoms with Crippen LogP contribution in [0.2, 0.25) is 5.02 Å². The fourth-order valence-electron chi connectivity index (χ4n) is 3.86. The number of carbonyl (C=O) groups is 4. The number of benzene rings is 2. The van der Waals surface area contributed by atoms with Crippen molar-refractivity contribution in [2.24, 2.45) is 0 Å². The van der Waals surface area contributed by atoms with Crippen LogP contribution in [0.1, 0.15) is 23.0 Å². The van der Waals surface area contributed by atoms with Crippen LogP contribution >= 0.6 is 23.4 Å². The topological polar surface area (TPSA) is 124 Å². The minimum Gasteiger partial charge on any atom is -0.486 e. The van der Waals surface area contributed by atoms with Crippen LogP contribution in [-0.4, -0.2) is 54.3 Å². The van der Waals surface area contributed by atoms with E-state index in [0.717, 1.165) is 4.90 Å². The lowest BCUT2D eigenvalue weighted by Gasteiger charge is -2.19. The zero-order valence-corrected chi connectivity index (χ0v) is 22.1. The smallest absolute Gasteiger partial charge is 0.339 e. The predicted octanol–water partition coefficient (Wildman–Crippen LogP) is 5.22. The highest BCUT2D eigenvalue weighted by Gasteiger charge is 2.36. The molecule has 200 valence electrons. The van der Waals surface area contributed by atoms with Crippen molar-refractivity contribution in [2.45, 2.75) is 6.92 Å². The number of amides is 3. The Morgan fingerprint density at radius 1 is 1.08 bits per heavy atom. The Labute approximate surface area is 231 Å². The molecule has 0 spiro atoms. The largest absolute Gasteiger partial charge is 0.486 e.